The SMILES string of the molecule is CC/C(=C(\c1ccc(OCCN(C)C)cc1)c1ccc(OCc2ccccc2)cc1)c1ccccc1.Cl. The smallest absolute Gasteiger partial charge is 0.119 e. The molecule has 192 valence electrons. The van der Waals surface area contributed by atoms with Crippen molar-refractivity contribution in [1.82, 2.24) is 4.90 Å². The quantitative estimate of drug-likeness (QED) is 0.190. The molecule has 0 aromatic heterocycles. The first-order valence-electron chi connectivity index (χ1n) is 12.6. The van der Waals surface area contributed by atoms with Crippen LogP contribution in [0.4, 0.5) is 0 Å². The van der Waals surface area contributed by atoms with Crippen molar-refractivity contribution in [2.24, 2.45) is 0 Å². The molecule has 0 saturated carbocycles. The number of ether oxygens (including phenoxy) is 2. The molecule has 0 spiro atoms. The van der Waals surface area contributed by atoms with Crippen molar-refractivity contribution in [3.8, 4) is 11.5 Å². The van der Waals surface area contributed by atoms with Crippen molar-refractivity contribution >= 4 is 23.6 Å². The molecule has 0 saturated heterocycles. The van der Waals surface area contributed by atoms with Gasteiger partial charge in [0.25, 0.3) is 0 Å². The molecule has 37 heavy (non-hydrogen) atoms. The van der Waals surface area contributed by atoms with Crippen molar-refractivity contribution in [1.29, 1.82) is 0 Å². The van der Waals surface area contributed by atoms with Crippen LogP contribution in [0.15, 0.2) is 109 Å². The fraction of sp³-hybridized carbons (Fsp3) is 0.212. The highest BCUT2D eigenvalue weighted by molar-refractivity contribution is 5.98. The zero-order chi connectivity index (χ0) is 25.2. The molecule has 4 aromatic rings. The van der Waals surface area contributed by atoms with Crippen LogP contribution in [0.2, 0.25) is 0 Å². The van der Waals surface area contributed by atoms with Gasteiger partial charge in [-0.2, -0.15) is 0 Å². The van der Waals surface area contributed by atoms with Crippen LogP contribution in [0.25, 0.3) is 11.1 Å². The molecule has 0 heterocycles. The predicted molar refractivity (Wildman–Crippen MR) is 158 cm³/mol. The minimum Gasteiger partial charge on any atom is -0.492 e. The molecule has 0 bridgehead atoms. The molecular weight excluding hydrogens is 478 g/mol. The van der Waals surface area contributed by atoms with Gasteiger partial charge >= 0.3 is 0 Å². The van der Waals surface area contributed by atoms with Gasteiger partial charge in [0.2, 0.25) is 0 Å². The summed E-state index contributed by atoms with van der Waals surface area (Å²) in [6, 6.07) is 37.8. The van der Waals surface area contributed by atoms with Crippen molar-refractivity contribution in [3.05, 3.63) is 131 Å². The van der Waals surface area contributed by atoms with Crippen LogP contribution in [0.3, 0.4) is 0 Å². The van der Waals surface area contributed by atoms with E-state index < -0.39 is 0 Å². The Hall–Kier alpha value is -3.53. The molecule has 0 aliphatic rings. The molecule has 4 rings (SSSR count). The van der Waals surface area contributed by atoms with Gasteiger partial charge in [-0.25, -0.2) is 0 Å². The zero-order valence-electron chi connectivity index (χ0n) is 21.9. The summed E-state index contributed by atoms with van der Waals surface area (Å²) in [5, 5.41) is 0. The lowest BCUT2D eigenvalue weighted by Crippen LogP contribution is -2.19. The molecule has 4 aromatic carbocycles. The number of halogens is 1. The predicted octanol–water partition coefficient (Wildman–Crippen LogP) is 8.00. The van der Waals surface area contributed by atoms with Gasteiger partial charge in [-0.1, -0.05) is 91.9 Å². The van der Waals surface area contributed by atoms with Crippen molar-refractivity contribution in [2.45, 2.75) is 20.0 Å². The number of rotatable bonds is 11. The normalized spacial score (nSPS) is 11.5. The van der Waals surface area contributed by atoms with Gasteiger partial charge in [0.15, 0.2) is 0 Å². The lowest BCUT2D eigenvalue weighted by molar-refractivity contribution is 0.261. The van der Waals surface area contributed by atoms with E-state index in [1.807, 2.05) is 18.2 Å². The van der Waals surface area contributed by atoms with Crippen molar-refractivity contribution in [3.63, 3.8) is 0 Å². The standard InChI is InChI=1S/C33H35NO2.ClH/c1-4-32(27-13-9-6-10-14-27)33(28-15-19-30(20-16-28)35-24-23-34(2)3)29-17-21-31(22-18-29)36-25-26-11-7-5-8-12-26;/h5-22H,4,23-25H2,1-3H3;1H/b33-32-;. The Bertz CT molecular complexity index is 1240. The summed E-state index contributed by atoms with van der Waals surface area (Å²) in [5.41, 5.74) is 7.30. The van der Waals surface area contributed by atoms with E-state index in [2.05, 4.69) is 117 Å². The Morgan fingerprint density at radius 2 is 1.14 bits per heavy atom. The van der Waals surface area contributed by atoms with Crippen molar-refractivity contribution in [2.75, 3.05) is 27.2 Å². The lowest BCUT2D eigenvalue weighted by atomic mass is 9.88. The third-order valence-electron chi connectivity index (χ3n) is 6.12. The van der Waals surface area contributed by atoms with E-state index in [4.69, 9.17) is 9.47 Å². The summed E-state index contributed by atoms with van der Waals surface area (Å²) in [6.45, 7) is 4.34. The van der Waals surface area contributed by atoms with Crippen LogP contribution in [-0.4, -0.2) is 32.1 Å². The maximum Gasteiger partial charge on any atom is 0.119 e. The van der Waals surface area contributed by atoms with Crippen LogP contribution in [0, 0.1) is 0 Å². The third kappa shape index (κ3) is 7.98. The Morgan fingerprint density at radius 3 is 1.65 bits per heavy atom. The number of allylic oxidation sites excluding steroid dienone is 1. The Morgan fingerprint density at radius 1 is 0.622 bits per heavy atom. The van der Waals surface area contributed by atoms with E-state index in [1.54, 1.807) is 0 Å². The van der Waals surface area contributed by atoms with E-state index in [9.17, 15) is 0 Å². The number of hydrogen-bond acceptors (Lipinski definition) is 3. The van der Waals surface area contributed by atoms with Gasteiger partial charge in [0.1, 0.15) is 24.7 Å². The summed E-state index contributed by atoms with van der Waals surface area (Å²) in [6.07, 6.45) is 0.923. The maximum absolute atomic E-state index is 6.04. The molecule has 3 nitrogen and oxygen atoms in total. The molecule has 0 fully saturated rings. The molecule has 4 heteroatoms. The van der Waals surface area contributed by atoms with Crippen LogP contribution < -0.4 is 9.47 Å². The summed E-state index contributed by atoms with van der Waals surface area (Å²) >= 11 is 0. The van der Waals surface area contributed by atoms with E-state index in [-0.39, 0.29) is 12.4 Å². The first-order valence-corrected chi connectivity index (χ1v) is 12.6. The van der Waals surface area contributed by atoms with Gasteiger partial charge in [-0.05, 0) is 78.2 Å². The summed E-state index contributed by atoms with van der Waals surface area (Å²) in [7, 11) is 4.11. The molecule has 0 amide bonds. The number of benzene rings is 4. The molecule has 0 radical (unpaired) electrons. The molecule has 0 N–H and O–H groups in total. The van der Waals surface area contributed by atoms with Crippen LogP contribution >= 0.6 is 12.4 Å². The monoisotopic (exact) mass is 513 g/mol. The van der Waals surface area contributed by atoms with Crippen LogP contribution in [0.1, 0.15) is 35.6 Å². The first-order chi connectivity index (χ1) is 17.6. The van der Waals surface area contributed by atoms with Crippen LogP contribution in [0.5, 0.6) is 11.5 Å². The molecule has 0 aliphatic heterocycles. The lowest BCUT2D eigenvalue weighted by Gasteiger charge is -2.17. The number of nitrogens with zero attached hydrogens (tertiary/aromatic N) is 1. The molecule has 0 aliphatic carbocycles. The Labute approximate surface area is 227 Å². The minimum atomic E-state index is 0. The summed E-state index contributed by atoms with van der Waals surface area (Å²) < 4.78 is 12.0. The fourth-order valence-electron chi connectivity index (χ4n) is 4.20. The van der Waals surface area contributed by atoms with Crippen LogP contribution in [-0.2, 0) is 6.61 Å². The molecule has 0 atom stereocenters. The van der Waals surface area contributed by atoms with E-state index in [1.165, 1.54) is 27.8 Å². The topological polar surface area (TPSA) is 21.7 Å². The Balaban J connectivity index is 0.00000380. The summed E-state index contributed by atoms with van der Waals surface area (Å²) in [4.78, 5) is 2.12. The van der Waals surface area contributed by atoms with Crippen molar-refractivity contribution < 1.29 is 9.47 Å². The van der Waals surface area contributed by atoms with Gasteiger partial charge in [0.05, 0.1) is 0 Å². The highest BCUT2D eigenvalue weighted by atomic mass is 35.5. The second-order valence-electron chi connectivity index (χ2n) is 9.05. The molecular formula is C33H36ClNO2. The number of likely N-dealkylation sites (N-methyl/N-ethyl adjacent to an activating group) is 1. The zero-order valence-corrected chi connectivity index (χ0v) is 22.7. The average molecular weight is 514 g/mol. The Kier molecular flexibility index (Phi) is 10.8. The second kappa shape index (κ2) is 14.3. The first kappa shape index (κ1) is 28.0. The van der Waals surface area contributed by atoms with E-state index in [0.29, 0.717) is 13.2 Å². The largest absolute Gasteiger partial charge is 0.492 e. The second-order valence-corrected chi connectivity index (χ2v) is 9.05. The number of hydrogen-bond donors (Lipinski definition) is 0. The average Bonchev–Trinajstić information content (AvgIpc) is 2.92. The molecule has 0 unspecified atom stereocenters. The minimum absolute atomic E-state index is 0. The fourth-order valence-corrected chi connectivity index (χ4v) is 4.20. The highest BCUT2D eigenvalue weighted by Gasteiger charge is 2.13. The van der Waals surface area contributed by atoms with E-state index >= 15 is 0 Å². The van der Waals surface area contributed by atoms with Gasteiger partial charge in [-0.3, -0.25) is 0 Å². The highest BCUT2D eigenvalue weighted by Crippen LogP contribution is 2.35. The van der Waals surface area contributed by atoms with E-state index in [0.717, 1.165) is 30.0 Å². The van der Waals surface area contributed by atoms with Gasteiger partial charge in [0, 0.05) is 6.54 Å². The third-order valence-corrected chi connectivity index (χ3v) is 6.12. The maximum atomic E-state index is 6.04. The van der Waals surface area contributed by atoms with Gasteiger partial charge < -0.3 is 14.4 Å². The van der Waals surface area contributed by atoms with Gasteiger partial charge in [-0.15, -0.1) is 12.4 Å². The summed E-state index contributed by atoms with van der Waals surface area (Å²) in [5.74, 6) is 1.76.